The normalized spacial score (nSPS) is 36.8. The lowest BCUT2D eigenvalue weighted by atomic mass is 9.70. The maximum atomic E-state index is 3.86. The van der Waals surface area contributed by atoms with Crippen LogP contribution in [0.1, 0.15) is 51.9 Å². The van der Waals surface area contributed by atoms with Crippen LogP contribution in [0.15, 0.2) is 0 Å². The Labute approximate surface area is 129 Å². The van der Waals surface area contributed by atoms with Crippen molar-refractivity contribution in [3.05, 3.63) is 0 Å². The molecule has 2 aliphatic carbocycles. The van der Waals surface area contributed by atoms with E-state index in [1.165, 1.54) is 82.6 Å². The minimum Gasteiger partial charge on any atom is -0.313 e. The van der Waals surface area contributed by atoms with E-state index in [0.29, 0.717) is 5.41 Å². The highest BCUT2D eigenvalue weighted by Crippen LogP contribution is 2.40. The summed E-state index contributed by atoms with van der Waals surface area (Å²) in [4.78, 5) is 2.78. The van der Waals surface area contributed by atoms with E-state index in [9.17, 15) is 0 Å². The van der Waals surface area contributed by atoms with Crippen LogP contribution >= 0.6 is 11.8 Å². The van der Waals surface area contributed by atoms with Gasteiger partial charge in [0.15, 0.2) is 0 Å². The van der Waals surface area contributed by atoms with Crippen molar-refractivity contribution in [3.8, 4) is 0 Å². The molecular formula is C17H32N2S. The van der Waals surface area contributed by atoms with Crippen molar-refractivity contribution in [2.45, 2.75) is 57.9 Å². The molecule has 0 aromatic rings. The van der Waals surface area contributed by atoms with Crippen molar-refractivity contribution in [2.24, 2.45) is 11.3 Å². The van der Waals surface area contributed by atoms with Crippen molar-refractivity contribution in [2.75, 3.05) is 37.7 Å². The summed E-state index contributed by atoms with van der Waals surface area (Å²) < 4.78 is 0. The van der Waals surface area contributed by atoms with E-state index in [0.717, 1.165) is 12.0 Å². The predicted octanol–water partition coefficient (Wildman–Crippen LogP) is 3.37. The molecule has 0 unspecified atom stereocenters. The van der Waals surface area contributed by atoms with Gasteiger partial charge in [-0.05, 0) is 55.7 Å². The molecule has 0 aromatic heterocycles. The average molecular weight is 297 g/mol. The van der Waals surface area contributed by atoms with E-state index in [1.54, 1.807) is 0 Å². The summed E-state index contributed by atoms with van der Waals surface area (Å²) in [7, 11) is 0. The molecule has 0 amide bonds. The lowest BCUT2D eigenvalue weighted by molar-refractivity contribution is 0.0898. The summed E-state index contributed by atoms with van der Waals surface area (Å²) >= 11 is 2.15. The van der Waals surface area contributed by atoms with Crippen LogP contribution in [0.4, 0.5) is 0 Å². The Kier molecular flexibility index (Phi) is 5.33. The summed E-state index contributed by atoms with van der Waals surface area (Å²) in [5, 5.41) is 3.86. The number of thioether (sulfide) groups is 1. The molecule has 116 valence electrons. The number of rotatable bonds is 5. The molecule has 0 spiro atoms. The number of nitrogens with zero attached hydrogens (tertiary/aromatic N) is 1. The lowest BCUT2D eigenvalue weighted by Crippen LogP contribution is -2.47. The summed E-state index contributed by atoms with van der Waals surface area (Å²) in [6, 6.07) is 0.867. The first-order valence-electron chi connectivity index (χ1n) is 8.79. The zero-order valence-electron chi connectivity index (χ0n) is 13.2. The van der Waals surface area contributed by atoms with E-state index in [4.69, 9.17) is 0 Å². The monoisotopic (exact) mass is 296 g/mol. The first-order valence-corrected chi connectivity index (χ1v) is 9.95. The first-order chi connectivity index (χ1) is 9.76. The van der Waals surface area contributed by atoms with Gasteiger partial charge in [-0.1, -0.05) is 19.8 Å². The van der Waals surface area contributed by atoms with E-state index in [-0.39, 0.29) is 0 Å². The Hall–Kier alpha value is 0.270. The van der Waals surface area contributed by atoms with Crippen LogP contribution in [0.25, 0.3) is 0 Å². The molecule has 3 heteroatoms. The minimum absolute atomic E-state index is 0.587. The molecule has 0 aromatic carbocycles. The van der Waals surface area contributed by atoms with Gasteiger partial charge in [-0.2, -0.15) is 11.8 Å². The molecule has 0 radical (unpaired) electrons. The Balaban J connectivity index is 1.57. The molecule has 1 heterocycles. The van der Waals surface area contributed by atoms with Crippen LogP contribution in [0.5, 0.6) is 0 Å². The second-order valence-electron chi connectivity index (χ2n) is 7.58. The standard InChI is InChI=1S/C17H32N2S/c1-15-5-7-17(8-6-15,13-18-16-3-4-16)14-19-9-2-11-20-12-10-19/h15-16,18H,2-14H2,1H3. The van der Waals surface area contributed by atoms with Crippen LogP contribution in [-0.2, 0) is 0 Å². The SMILES string of the molecule is CC1CCC(CNC2CC2)(CN2CCCSCC2)CC1. The highest BCUT2D eigenvalue weighted by Gasteiger charge is 2.37. The molecule has 20 heavy (non-hydrogen) atoms. The zero-order chi connectivity index (χ0) is 13.8. The Bertz CT molecular complexity index is 287. The van der Waals surface area contributed by atoms with Gasteiger partial charge in [0.2, 0.25) is 0 Å². The van der Waals surface area contributed by atoms with E-state index >= 15 is 0 Å². The topological polar surface area (TPSA) is 15.3 Å². The van der Waals surface area contributed by atoms with Crippen molar-refractivity contribution >= 4 is 11.8 Å². The molecular weight excluding hydrogens is 264 g/mol. The van der Waals surface area contributed by atoms with Gasteiger partial charge in [-0.3, -0.25) is 0 Å². The second kappa shape index (κ2) is 7.02. The van der Waals surface area contributed by atoms with Gasteiger partial charge in [0, 0.05) is 31.4 Å². The van der Waals surface area contributed by atoms with Gasteiger partial charge in [-0.25, -0.2) is 0 Å². The molecule has 2 saturated carbocycles. The first kappa shape index (κ1) is 15.2. The molecule has 3 rings (SSSR count). The summed E-state index contributed by atoms with van der Waals surface area (Å²) in [5.41, 5.74) is 0.587. The van der Waals surface area contributed by atoms with Crippen LogP contribution in [0.2, 0.25) is 0 Å². The average Bonchev–Trinajstić information content (AvgIpc) is 3.27. The third-order valence-electron chi connectivity index (χ3n) is 5.55. The van der Waals surface area contributed by atoms with Gasteiger partial charge in [0.1, 0.15) is 0 Å². The molecule has 0 atom stereocenters. The van der Waals surface area contributed by atoms with E-state index in [1.807, 2.05) is 0 Å². The fraction of sp³-hybridized carbons (Fsp3) is 1.00. The van der Waals surface area contributed by atoms with E-state index < -0.39 is 0 Å². The maximum Gasteiger partial charge on any atom is 0.00726 e. The number of hydrogen-bond acceptors (Lipinski definition) is 3. The molecule has 1 aliphatic heterocycles. The largest absolute Gasteiger partial charge is 0.313 e. The van der Waals surface area contributed by atoms with Crippen molar-refractivity contribution in [1.29, 1.82) is 0 Å². The molecule has 1 saturated heterocycles. The lowest BCUT2D eigenvalue weighted by Gasteiger charge is -2.43. The van der Waals surface area contributed by atoms with Gasteiger partial charge < -0.3 is 10.2 Å². The van der Waals surface area contributed by atoms with E-state index in [2.05, 4.69) is 28.9 Å². The number of nitrogens with one attached hydrogen (secondary N) is 1. The fourth-order valence-electron chi connectivity index (χ4n) is 3.84. The minimum atomic E-state index is 0.587. The van der Waals surface area contributed by atoms with Gasteiger partial charge >= 0.3 is 0 Å². The Morgan fingerprint density at radius 3 is 2.65 bits per heavy atom. The number of hydrogen-bond donors (Lipinski definition) is 1. The summed E-state index contributed by atoms with van der Waals surface area (Å²) in [6.07, 6.45) is 10.1. The van der Waals surface area contributed by atoms with Gasteiger partial charge in [-0.15, -0.1) is 0 Å². The molecule has 1 N–H and O–H groups in total. The van der Waals surface area contributed by atoms with Crippen molar-refractivity contribution in [3.63, 3.8) is 0 Å². The van der Waals surface area contributed by atoms with Crippen molar-refractivity contribution in [1.82, 2.24) is 10.2 Å². The molecule has 3 fully saturated rings. The molecule has 0 bridgehead atoms. The summed E-state index contributed by atoms with van der Waals surface area (Å²) in [5.74, 6) is 3.69. The fourth-order valence-corrected chi connectivity index (χ4v) is 4.77. The van der Waals surface area contributed by atoms with Crippen LogP contribution in [-0.4, -0.2) is 48.6 Å². The quantitative estimate of drug-likeness (QED) is 0.837. The van der Waals surface area contributed by atoms with Gasteiger partial charge in [0.05, 0.1) is 0 Å². The van der Waals surface area contributed by atoms with Crippen LogP contribution < -0.4 is 5.32 Å². The highest BCUT2D eigenvalue weighted by molar-refractivity contribution is 7.99. The Morgan fingerprint density at radius 2 is 1.90 bits per heavy atom. The Morgan fingerprint density at radius 1 is 1.10 bits per heavy atom. The maximum absolute atomic E-state index is 3.86. The third kappa shape index (κ3) is 4.38. The third-order valence-corrected chi connectivity index (χ3v) is 6.60. The van der Waals surface area contributed by atoms with Gasteiger partial charge in [0.25, 0.3) is 0 Å². The van der Waals surface area contributed by atoms with Crippen molar-refractivity contribution < 1.29 is 0 Å². The summed E-state index contributed by atoms with van der Waals surface area (Å²) in [6.45, 7) is 7.76. The predicted molar refractivity (Wildman–Crippen MR) is 89.5 cm³/mol. The molecule has 2 nitrogen and oxygen atoms in total. The zero-order valence-corrected chi connectivity index (χ0v) is 14.0. The second-order valence-corrected chi connectivity index (χ2v) is 8.80. The van der Waals surface area contributed by atoms with Crippen LogP contribution in [0.3, 0.4) is 0 Å². The highest BCUT2D eigenvalue weighted by atomic mass is 32.2. The van der Waals surface area contributed by atoms with Crippen LogP contribution in [0, 0.1) is 11.3 Å². The smallest absolute Gasteiger partial charge is 0.00726 e. The molecule has 3 aliphatic rings.